The first-order chi connectivity index (χ1) is 12.7. The molecule has 0 atom stereocenters. The molecule has 26 heavy (non-hydrogen) atoms. The van der Waals surface area contributed by atoms with Gasteiger partial charge in [-0.05, 0) is 24.1 Å². The van der Waals surface area contributed by atoms with Crippen molar-refractivity contribution in [3.8, 4) is 17.2 Å². The van der Waals surface area contributed by atoms with Crippen molar-refractivity contribution in [2.75, 3.05) is 25.6 Å². The van der Waals surface area contributed by atoms with E-state index in [1.807, 2.05) is 36.4 Å². The lowest BCUT2D eigenvalue weighted by Gasteiger charge is -2.17. The van der Waals surface area contributed by atoms with Crippen LogP contribution < -0.4 is 19.5 Å². The summed E-state index contributed by atoms with van der Waals surface area (Å²) in [6.07, 6.45) is 1.02. The second kappa shape index (κ2) is 7.21. The molecule has 1 aliphatic rings. The van der Waals surface area contributed by atoms with Gasteiger partial charge < -0.3 is 19.5 Å². The van der Waals surface area contributed by atoms with E-state index in [4.69, 9.17) is 14.2 Å². The molecule has 1 aromatic heterocycles. The van der Waals surface area contributed by atoms with Gasteiger partial charge in [-0.2, -0.15) is 0 Å². The van der Waals surface area contributed by atoms with Crippen molar-refractivity contribution in [2.45, 2.75) is 12.8 Å². The molecular weight excluding hydrogens is 352 g/mol. The van der Waals surface area contributed by atoms with Crippen molar-refractivity contribution < 1.29 is 19.0 Å². The van der Waals surface area contributed by atoms with Crippen molar-refractivity contribution in [3.05, 3.63) is 42.0 Å². The number of fused-ring (bicyclic) bond motifs is 2. The Morgan fingerprint density at radius 1 is 1.23 bits per heavy atom. The normalized spacial score (nSPS) is 12.8. The highest BCUT2D eigenvalue weighted by atomic mass is 32.1. The lowest BCUT2D eigenvalue weighted by molar-refractivity contribution is -0.116. The van der Waals surface area contributed by atoms with Gasteiger partial charge in [-0.15, -0.1) is 0 Å². The molecule has 0 unspecified atom stereocenters. The van der Waals surface area contributed by atoms with Gasteiger partial charge in [0.1, 0.15) is 19.0 Å². The average Bonchev–Trinajstić information content (AvgIpc) is 3.05. The van der Waals surface area contributed by atoms with Gasteiger partial charge in [0, 0.05) is 18.6 Å². The third-order valence-corrected chi connectivity index (χ3v) is 5.01. The average molecular weight is 370 g/mol. The number of aryl methyl sites for hydroxylation is 1. The number of aromatic nitrogens is 1. The largest absolute Gasteiger partial charge is 0.497 e. The zero-order valence-electron chi connectivity index (χ0n) is 14.3. The Bertz CT molecular complexity index is 911. The molecule has 0 bridgehead atoms. The number of carbonyl (C=O) groups is 1. The van der Waals surface area contributed by atoms with Gasteiger partial charge >= 0.3 is 0 Å². The lowest BCUT2D eigenvalue weighted by atomic mass is 10.1. The van der Waals surface area contributed by atoms with Crippen LogP contribution >= 0.6 is 11.3 Å². The fourth-order valence-corrected chi connectivity index (χ4v) is 3.68. The number of anilines is 1. The van der Waals surface area contributed by atoms with E-state index in [0.717, 1.165) is 27.3 Å². The number of nitrogens with zero attached hydrogens (tertiary/aromatic N) is 1. The van der Waals surface area contributed by atoms with Gasteiger partial charge in [0.25, 0.3) is 0 Å². The lowest BCUT2D eigenvalue weighted by Crippen LogP contribution is -2.15. The van der Waals surface area contributed by atoms with Gasteiger partial charge in [-0.1, -0.05) is 23.5 Å². The minimum Gasteiger partial charge on any atom is -0.497 e. The third-order valence-electron chi connectivity index (χ3n) is 4.07. The van der Waals surface area contributed by atoms with Crippen LogP contribution in [0.4, 0.5) is 5.13 Å². The first-order valence-corrected chi connectivity index (χ1v) is 9.16. The number of nitrogens with one attached hydrogen (secondary N) is 1. The minimum absolute atomic E-state index is 0.0656. The van der Waals surface area contributed by atoms with Gasteiger partial charge in [0.15, 0.2) is 16.6 Å². The molecule has 2 aromatic carbocycles. The molecule has 1 N–H and O–H groups in total. The summed E-state index contributed by atoms with van der Waals surface area (Å²) in [6, 6.07) is 11.5. The molecule has 3 aromatic rings. The molecular formula is C19H18N2O4S. The number of benzene rings is 2. The van der Waals surface area contributed by atoms with Crippen molar-refractivity contribution in [3.63, 3.8) is 0 Å². The smallest absolute Gasteiger partial charge is 0.226 e. The maximum Gasteiger partial charge on any atom is 0.226 e. The maximum absolute atomic E-state index is 12.2. The second-order valence-electron chi connectivity index (χ2n) is 5.88. The van der Waals surface area contributed by atoms with Crippen molar-refractivity contribution in [1.29, 1.82) is 0 Å². The summed E-state index contributed by atoms with van der Waals surface area (Å²) in [5, 5.41) is 3.46. The second-order valence-corrected chi connectivity index (χ2v) is 6.91. The molecule has 0 saturated carbocycles. The molecule has 0 spiro atoms. The van der Waals surface area contributed by atoms with Gasteiger partial charge in [0.05, 0.1) is 17.3 Å². The van der Waals surface area contributed by atoms with Crippen LogP contribution in [0.2, 0.25) is 0 Å². The molecule has 0 fully saturated rings. The summed E-state index contributed by atoms with van der Waals surface area (Å²) in [4.78, 5) is 16.7. The molecule has 1 aliphatic heterocycles. The van der Waals surface area contributed by atoms with Crippen LogP contribution in [0.5, 0.6) is 17.2 Å². The fourth-order valence-electron chi connectivity index (χ4n) is 2.79. The Kier molecular flexibility index (Phi) is 4.62. The van der Waals surface area contributed by atoms with E-state index < -0.39 is 0 Å². The van der Waals surface area contributed by atoms with Crippen molar-refractivity contribution >= 4 is 32.6 Å². The highest BCUT2D eigenvalue weighted by Crippen LogP contribution is 2.37. The van der Waals surface area contributed by atoms with E-state index in [9.17, 15) is 4.79 Å². The first kappa shape index (κ1) is 16.7. The Hall–Kier alpha value is -2.80. The van der Waals surface area contributed by atoms with E-state index in [2.05, 4.69) is 10.3 Å². The Morgan fingerprint density at radius 2 is 2.04 bits per heavy atom. The molecule has 0 radical (unpaired) electrons. The Labute approximate surface area is 154 Å². The number of methoxy groups -OCH3 is 1. The summed E-state index contributed by atoms with van der Waals surface area (Å²) in [7, 11) is 1.63. The Balaban J connectivity index is 1.42. The van der Waals surface area contributed by atoms with Gasteiger partial charge in [-0.25, -0.2) is 4.98 Å². The molecule has 1 amide bonds. The van der Waals surface area contributed by atoms with Crippen LogP contribution in [0.1, 0.15) is 12.0 Å². The van der Waals surface area contributed by atoms with E-state index in [1.165, 1.54) is 11.3 Å². The fraction of sp³-hybridized carbons (Fsp3) is 0.263. The van der Waals surface area contributed by atoms with Crippen LogP contribution in [-0.2, 0) is 11.2 Å². The SMILES string of the molecule is COc1cccc(CCC(=O)Nc2nc3cc4c(cc3s2)OCCO4)c1. The number of carbonyl (C=O) groups excluding carboxylic acids is 1. The number of hydrogen-bond acceptors (Lipinski definition) is 6. The quantitative estimate of drug-likeness (QED) is 0.742. The van der Waals surface area contributed by atoms with E-state index in [0.29, 0.717) is 36.9 Å². The molecule has 6 nitrogen and oxygen atoms in total. The summed E-state index contributed by atoms with van der Waals surface area (Å²) in [5.41, 5.74) is 1.85. The molecule has 4 rings (SSSR count). The van der Waals surface area contributed by atoms with Crippen molar-refractivity contribution in [2.24, 2.45) is 0 Å². The Morgan fingerprint density at radius 3 is 2.85 bits per heavy atom. The number of rotatable bonds is 5. The molecule has 2 heterocycles. The predicted octanol–water partition coefficient (Wildman–Crippen LogP) is 3.65. The topological polar surface area (TPSA) is 69.7 Å². The highest BCUT2D eigenvalue weighted by Gasteiger charge is 2.16. The monoisotopic (exact) mass is 370 g/mol. The molecule has 7 heteroatoms. The summed E-state index contributed by atoms with van der Waals surface area (Å²) < 4.78 is 17.3. The van der Waals surface area contributed by atoms with Crippen LogP contribution in [0.25, 0.3) is 10.2 Å². The van der Waals surface area contributed by atoms with E-state index >= 15 is 0 Å². The van der Waals surface area contributed by atoms with E-state index in [-0.39, 0.29) is 5.91 Å². The van der Waals surface area contributed by atoms with Crippen LogP contribution in [0, 0.1) is 0 Å². The third kappa shape index (κ3) is 3.57. The summed E-state index contributed by atoms with van der Waals surface area (Å²) in [5.74, 6) is 2.15. The molecule has 134 valence electrons. The zero-order chi connectivity index (χ0) is 17.9. The van der Waals surface area contributed by atoms with Crippen LogP contribution in [0.15, 0.2) is 36.4 Å². The van der Waals surface area contributed by atoms with Crippen molar-refractivity contribution in [1.82, 2.24) is 4.98 Å². The molecule has 0 saturated heterocycles. The van der Waals surface area contributed by atoms with E-state index in [1.54, 1.807) is 7.11 Å². The number of thiazole rings is 1. The van der Waals surface area contributed by atoms with Gasteiger partial charge in [0.2, 0.25) is 5.91 Å². The minimum atomic E-state index is -0.0656. The standard InChI is InChI=1S/C19H18N2O4S/c1-23-13-4-2-3-12(9-13)5-6-18(22)21-19-20-14-10-15-16(11-17(14)26-19)25-8-7-24-15/h2-4,9-11H,5-8H2,1H3,(H,20,21,22). The van der Waals surface area contributed by atoms with Crippen LogP contribution in [0.3, 0.4) is 0 Å². The first-order valence-electron chi connectivity index (χ1n) is 8.34. The number of hydrogen-bond donors (Lipinski definition) is 1. The molecule has 0 aliphatic carbocycles. The van der Waals surface area contributed by atoms with Gasteiger partial charge in [-0.3, -0.25) is 4.79 Å². The highest BCUT2D eigenvalue weighted by molar-refractivity contribution is 7.22. The zero-order valence-corrected chi connectivity index (χ0v) is 15.1. The summed E-state index contributed by atoms with van der Waals surface area (Å²) >= 11 is 1.43. The van der Waals surface area contributed by atoms with Crippen LogP contribution in [-0.4, -0.2) is 31.2 Å². The number of ether oxygens (including phenoxy) is 3. The maximum atomic E-state index is 12.2. The number of amides is 1. The summed E-state index contributed by atoms with van der Waals surface area (Å²) in [6.45, 7) is 1.09. The predicted molar refractivity (Wildman–Crippen MR) is 101 cm³/mol.